The van der Waals surface area contributed by atoms with Gasteiger partial charge in [-0.2, -0.15) is 10.4 Å². The number of esters is 1. The topological polar surface area (TPSA) is 142 Å². The van der Waals surface area contributed by atoms with Gasteiger partial charge in [-0.15, -0.1) is 0 Å². The quantitative estimate of drug-likeness (QED) is 0.382. The second-order valence-electron chi connectivity index (χ2n) is 10.1. The van der Waals surface area contributed by atoms with Crippen LogP contribution in [0.2, 0.25) is 0 Å². The normalized spacial score (nSPS) is 18.4. The second kappa shape index (κ2) is 11.1. The Morgan fingerprint density at radius 3 is 2.82 bits per heavy atom. The number of pyridine rings is 1. The first kappa shape index (κ1) is 27.0. The molecule has 1 unspecified atom stereocenters. The minimum atomic E-state index is -1.66. The fraction of sp³-hybridized carbons (Fsp3) is 0.444. The number of aromatic nitrogens is 3. The number of nitriles is 1. The fourth-order valence-electron chi connectivity index (χ4n) is 4.52. The van der Waals surface area contributed by atoms with Crippen LogP contribution >= 0.6 is 0 Å². The van der Waals surface area contributed by atoms with Gasteiger partial charge >= 0.3 is 5.97 Å². The van der Waals surface area contributed by atoms with E-state index in [1.165, 1.54) is 33.2 Å². The summed E-state index contributed by atoms with van der Waals surface area (Å²) in [6.45, 7) is 3.70. The number of amides is 1. The summed E-state index contributed by atoms with van der Waals surface area (Å²) in [5.41, 5.74) is 1.45. The number of alkyl halides is 1. The van der Waals surface area contributed by atoms with E-state index in [-0.39, 0.29) is 30.2 Å². The van der Waals surface area contributed by atoms with Crippen molar-refractivity contribution in [2.75, 3.05) is 11.9 Å². The van der Waals surface area contributed by atoms with E-state index in [0.717, 1.165) is 19.3 Å². The van der Waals surface area contributed by atoms with Crippen LogP contribution in [0.5, 0.6) is 0 Å². The largest absolute Gasteiger partial charge is 0.462 e. The highest BCUT2D eigenvalue weighted by atomic mass is 19.1. The second-order valence-corrected chi connectivity index (χ2v) is 10.1. The zero-order chi connectivity index (χ0) is 27.4. The van der Waals surface area contributed by atoms with Gasteiger partial charge in [0.15, 0.2) is 0 Å². The average Bonchev–Trinajstić information content (AvgIpc) is 3.29. The van der Waals surface area contributed by atoms with Gasteiger partial charge in [0.05, 0.1) is 52.1 Å². The molecule has 3 N–H and O–H groups in total. The Balaban J connectivity index is 1.65. The van der Waals surface area contributed by atoms with Crippen LogP contribution in [-0.4, -0.2) is 62.0 Å². The lowest BCUT2D eigenvalue weighted by molar-refractivity contribution is -0.147. The van der Waals surface area contributed by atoms with Gasteiger partial charge in [0, 0.05) is 25.6 Å². The van der Waals surface area contributed by atoms with Crippen molar-refractivity contribution < 1.29 is 23.8 Å². The average molecular weight is 523 g/mol. The molecular weight excluding hydrogens is 491 g/mol. The molecule has 1 amide bonds. The Bertz CT molecular complexity index is 1380. The first-order valence-electron chi connectivity index (χ1n) is 12.5. The maximum Gasteiger partial charge on any atom is 0.302 e. The van der Waals surface area contributed by atoms with Crippen molar-refractivity contribution in [1.29, 1.82) is 5.26 Å². The highest BCUT2D eigenvalue weighted by Gasteiger charge is 2.28. The maximum atomic E-state index is 14.3. The Labute approximate surface area is 219 Å². The molecule has 200 valence electrons. The lowest BCUT2D eigenvalue weighted by atomic mass is 9.92. The van der Waals surface area contributed by atoms with E-state index in [4.69, 9.17) is 10.00 Å². The summed E-state index contributed by atoms with van der Waals surface area (Å²) in [6.07, 6.45) is 4.01. The van der Waals surface area contributed by atoms with Crippen LogP contribution in [0.25, 0.3) is 16.9 Å². The standard InChI is InChI=1S/C27H31FN6O4/c1-16(35)38-20-6-4-5-18(10-20)33-22-11-23(24-8-7-19-9-17(12-29)13-32-34(19)24)30-14-21(22)26(36)31-15-25(28)27(2,3)37/h7-9,11,13-14,18,20,25,37H,4-6,10,15H2,1-3H3,(H,30,33)(H,31,36)/t18-,20+,25?/m0/s1. The third kappa shape index (κ3) is 6.26. The number of fused-ring (bicyclic) bond motifs is 1. The Morgan fingerprint density at radius 1 is 1.32 bits per heavy atom. The number of ether oxygens (including phenoxy) is 1. The Kier molecular flexibility index (Phi) is 7.92. The minimum Gasteiger partial charge on any atom is -0.462 e. The Hall–Kier alpha value is -4.04. The molecule has 1 saturated carbocycles. The summed E-state index contributed by atoms with van der Waals surface area (Å²) in [5, 5.41) is 29.3. The van der Waals surface area contributed by atoms with Crippen LogP contribution < -0.4 is 10.6 Å². The van der Waals surface area contributed by atoms with Crippen LogP contribution in [0.3, 0.4) is 0 Å². The summed E-state index contributed by atoms with van der Waals surface area (Å²) in [4.78, 5) is 29.0. The summed E-state index contributed by atoms with van der Waals surface area (Å²) in [5.74, 6) is -0.871. The van der Waals surface area contributed by atoms with Crippen molar-refractivity contribution in [2.24, 2.45) is 0 Å². The molecule has 1 fully saturated rings. The molecule has 3 aromatic rings. The number of rotatable bonds is 8. The Morgan fingerprint density at radius 2 is 2.11 bits per heavy atom. The first-order valence-corrected chi connectivity index (χ1v) is 12.5. The van der Waals surface area contributed by atoms with E-state index in [0.29, 0.717) is 34.6 Å². The number of nitrogens with one attached hydrogen (secondary N) is 2. The van der Waals surface area contributed by atoms with Crippen molar-refractivity contribution in [3.05, 3.63) is 47.8 Å². The van der Waals surface area contributed by atoms with Crippen LogP contribution in [0, 0.1) is 11.3 Å². The third-order valence-corrected chi connectivity index (χ3v) is 6.57. The molecule has 0 bridgehead atoms. The molecule has 3 heterocycles. The fourth-order valence-corrected chi connectivity index (χ4v) is 4.52. The third-order valence-electron chi connectivity index (χ3n) is 6.57. The van der Waals surface area contributed by atoms with Crippen molar-refractivity contribution in [1.82, 2.24) is 19.9 Å². The number of carbonyl (C=O) groups excluding carboxylic acids is 2. The first-order chi connectivity index (χ1) is 18.0. The molecule has 1 aliphatic carbocycles. The van der Waals surface area contributed by atoms with Gasteiger partial charge in [-0.05, 0) is 57.4 Å². The lowest BCUT2D eigenvalue weighted by Gasteiger charge is -2.30. The maximum absolute atomic E-state index is 14.3. The molecule has 10 nitrogen and oxygen atoms in total. The van der Waals surface area contributed by atoms with Crippen molar-refractivity contribution in [3.63, 3.8) is 0 Å². The van der Waals surface area contributed by atoms with E-state index < -0.39 is 17.7 Å². The number of carbonyl (C=O) groups is 2. The predicted octanol–water partition coefficient (Wildman–Crippen LogP) is 3.39. The van der Waals surface area contributed by atoms with Crippen molar-refractivity contribution in [2.45, 2.75) is 70.4 Å². The summed E-state index contributed by atoms with van der Waals surface area (Å²) >= 11 is 0. The smallest absolute Gasteiger partial charge is 0.302 e. The molecule has 4 rings (SSSR count). The van der Waals surface area contributed by atoms with E-state index in [2.05, 4.69) is 26.8 Å². The number of hydrogen-bond acceptors (Lipinski definition) is 8. The minimum absolute atomic E-state index is 0.0689. The number of hydrogen-bond donors (Lipinski definition) is 3. The predicted molar refractivity (Wildman–Crippen MR) is 138 cm³/mol. The zero-order valence-electron chi connectivity index (χ0n) is 21.6. The number of aliphatic hydroxyl groups is 1. The van der Waals surface area contributed by atoms with Crippen LogP contribution in [0.4, 0.5) is 10.1 Å². The molecule has 3 atom stereocenters. The molecule has 0 aliphatic heterocycles. The molecule has 11 heteroatoms. The molecular formula is C27H31FN6O4. The summed E-state index contributed by atoms with van der Waals surface area (Å²) in [7, 11) is 0. The lowest BCUT2D eigenvalue weighted by Crippen LogP contribution is -2.42. The van der Waals surface area contributed by atoms with Crippen LogP contribution in [-0.2, 0) is 9.53 Å². The van der Waals surface area contributed by atoms with E-state index in [1.807, 2.05) is 12.1 Å². The van der Waals surface area contributed by atoms with Crippen LogP contribution in [0.1, 0.15) is 62.4 Å². The SMILES string of the molecule is CC(=O)O[C@@H]1CCC[C@H](Nc2cc(-c3ccc4cc(C#N)cnn34)ncc2C(=O)NCC(F)C(C)(C)O)C1. The van der Waals surface area contributed by atoms with E-state index in [9.17, 15) is 19.1 Å². The zero-order valence-corrected chi connectivity index (χ0v) is 21.6. The van der Waals surface area contributed by atoms with Gasteiger partial charge in [0.25, 0.3) is 5.91 Å². The molecule has 0 saturated heterocycles. The summed E-state index contributed by atoms with van der Waals surface area (Å²) in [6, 6.07) is 9.09. The molecule has 1 aliphatic rings. The highest BCUT2D eigenvalue weighted by Crippen LogP contribution is 2.29. The van der Waals surface area contributed by atoms with Gasteiger partial charge in [-0.3, -0.25) is 14.6 Å². The van der Waals surface area contributed by atoms with Gasteiger partial charge < -0.3 is 20.5 Å². The van der Waals surface area contributed by atoms with Crippen LogP contribution in [0.15, 0.2) is 36.7 Å². The van der Waals surface area contributed by atoms with Gasteiger partial charge in [-0.25, -0.2) is 8.91 Å². The molecule has 38 heavy (non-hydrogen) atoms. The van der Waals surface area contributed by atoms with E-state index in [1.54, 1.807) is 16.6 Å². The number of nitrogens with zero attached hydrogens (tertiary/aromatic N) is 4. The molecule has 3 aromatic heterocycles. The van der Waals surface area contributed by atoms with Crippen molar-refractivity contribution >= 4 is 23.1 Å². The van der Waals surface area contributed by atoms with Crippen molar-refractivity contribution in [3.8, 4) is 17.5 Å². The monoisotopic (exact) mass is 522 g/mol. The molecule has 0 radical (unpaired) electrons. The highest BCUT2D eigenvalue weighted by molar-refractivity contribution is 6.00. The van der Waals surface area contributed by atoms with Gasteiger partial charge in [-0.1, -0.05) is 0 Å². The number of anilines is 1. The molecule has 0 spiro atoms. The summed E-state index contributed by atoms with van der Waals surface area (Å²) < 4.78 is 21.4. The van der Waals surface area contributed by atoms with E-state index >= 15 is 0 Å². The van der Waals surface area contributed by atoms with Gasteiger partial charge in [0.1, 0.15) is 18.3 Å². The number of halogens is 1. The molecule has 0 aromatic carbocycles. The van der Waals surface area contributed by atoms with Gasteiger partial charge in [0.2, 0.25) is 0 Å².